The minimum Gasteiger partial charge on any atom is -0.726 e. The minimum absolute atomic E-state index is 0.165. The molecule has 0 unspecified atom stereocenters. The largest absolute Gasteiger partial charge is 0.726 e. The maximum Gasteiger partial charge on any atom is 0.217 e. The van der Waals surface area contributed by atoms with E-state index in [-0.39, 0.29) is 6.61 Å². The van der Waals surface area contributed by atoms with Crippen LogP contribution in [0.4, 0.5) is 5.69 Å². The fourth-order valence-corrected chi connectivity index (χ4v) is 0.893. The lowest BCUT2D eigenvalue weighted by Gasteiger charge is -2.00. The number of aromatic nitrogens is 1. The Hall–Kier alpha value is -1.22. The Morgan fingerprint density at radius 2 is 2.18 bits per heavy atom. The molecule has 0 radical (unpaired) electrons. The SMILES string of the molecule is COS(=O)(=O)[O-].C[n+]1cccc(NCCO)c1. The van der Waals surface area contributed by atoms with Crippen LogP contribution in [0.2, 0.25) is 0 Å². The third-order valence-electron chi connectivity index (χ3n) is 1.58. The topological polar surface area (TPSA) is 103 Å². The van der Waals surface area contributed by atoms with Crippen LogP contribution in [0.5, 0.6) is 0 Å². The van der Waals surface area contributed by atoms with Crippen LogP contribution in [0, 0.1) is 0 Å². The van der Waals surface area contributed by atoms with Crippen molar-refractivity contribution in [2.75, 3.05) is 25.6 Å². The third-order valence-corrected chi connectivity index (χ3v) is 1.99. The first-order valence-electron chi connectivity index (χ1n) is 4.70. The first kappa shape index (κ1) is 15.8. The Bertz CT molecular complexity index is 421. The van der Waals surface area contributed by atoms with Gasteiger partial charge in [-0.25, -0.2) is 13.0 Å². The molecule has 0 amide bonds. The average molecular weight is 264 g/mol. The molecule has 0 saturated heterocycles. The lowest BCUT2D eigenvalue weighted by atomic mass is 10.4. The summed E-state index contributed by atoms with van der Waals surface area (Å²) >= 11 is 0. The number of anilines is 1. The van der Waals surface area contributed by atoms with Gasteiger partial charge in [0.2, 0.25) is 10.4 Å². The Kier molecular flexibility index (Phi) is 7.39. The van der Waals surface area contributed by atoms with Crippen molar-refractivity contribution in [1.82, 2.24) is 0 Å². The van der Waals surface area contributed by atoms with E-state index in [1.807, 2.05) is 36.1 Å². The fraction of sp³-hybridized carbons (Fsp3) is 0.444. The van der Waals surface area contributed by atoms with E-state index in [0.717, 1.165) is 12.8 Å². The number of aliphatic hydroxyl groups is 1. The smallest absolute Gasteiger partial charge is 0.217 e. The van der Waals surface area contributed by atoms with E-state index in [1.165, 1.54) is 0 Å². The highest BCUT2D eigenvalue weighted by atomic mass is 32.3. The number of nitrogens with one attached hydrogen (secondary N) is 1. The van der Waals surface area contributed by atoms with Gasteiger partial charge >= 0.3 is 0 Å². The van der Waals surface area contributed by atoms with Crippen molar-refractivity contribution < 1.29 is 26.8 Å². The van der Waals surface area contributed by atoms with E-state index in [2.05, 4.69) is 9.50 Å². The number of hydrogen-bond acceptors (Lipinski definition) is 6. The van der Waals surface area contributed by atoms with Gasteiger partial charge in [0.25, 0.3) is 0 Å². The first-order valence-corrected chi connectivity index (χ1v) is 6.04. The molecule has 0 aliphatic carbocycles. The molecule has 7 nitrogen and oxygen atoms in total. The van der Waals surface area contributed by atoms with Crippen molar-refractivity contribution in [2.45, 2.75) is 0 Å². The predicted octanol–water partition coefficient (Wildman–Crippen LogP) is -0.992. The van der Waals surface area contributed by atoms with Crippen LogP contribution in [-0.2, 0) is 21.6 Å². The van der Waals surface area contributed by atoms with Crippen molar-refractivity contribution in [3.8, 4) is 0 Å². The van der Waals surface area contributed by atoms with E-state index in [4.69, 9.17) is 5.11 Å². The fourth-order valence-electron chi connectivity index (χ4n) is 0.893. The second kappa shape index (κ2) is 7.96. The van der Waals surface area contributed by atoms with Crippen LogP contribution < -0.4 is 9.88 Å². The van der Waals surface area contributed by atoms with E-state index < -0.39 is 10.4 Å². The molecular weight excluding hydrogens is 248 g/mol. The molecule has 1 heterocycles. The number of aryl methyl sites for hydroxylation is 1. The third kappa shape index (κ3) is 9.69. The molecule has 0 fully saturated rings. The van der Waals surface area contributed by atoms with Crippen LogP contribution in [0.3, 0.4) is 0 Å². The summed E-state index contributed by atoms with van der Waals surface area (Å²) in [6, 6.07) is 3.93. The molecule has 0 atom stereocenters. The molecule has 1 aromatic rings. The zero-order valence-electron chi connectivity index (χ0n) is 9.66. The van der Waals surface area contributed by atoms with Crippen molar-refractivity contribution in [3.63, 3.8) is 0 Å². The molecule has 1 rings (SSSR count). The number of aliphatic hydroxyl groups excluding tert-OH is 1. The van der Waals surface area contributed by atoms with E-state index in [9.17, 15) is 13.0 Å². The number of hydrogen-bond donors (Lipinski definition) is 2. The van der Waals surface area contributed by atoms with Gasteiger partial charge in [-0.3, -0.25) is 4.18 Å². The molecule has 0 aliphatic rings. The van der Waals surface area contributed by atoms with E-state index >= 15 is 0 Å². The summed E-state index contributed by atoms with van der Waals surface area (Å²) in [6.45, 7) is 0.766. The predicted molar refractivity (Wildman–Crippen MR) is 59.9 cm³/mol. The molecule has 2 N–H and O–H groups in total. The summed E-state index contributed by atoms with van der Waals surface area (Å²) < 4.78 is 33.0. The zero-order chi connectivity index (χ0) is 13.3. The van der Waals surface area contributed by atoms with E-state index in [1.54, 1.807) is 0 Å². The lowest BCUT2D eigenvalue weighted by Crippen LogP contribution is -2.26. The van der Waals surface area contributed by atoms with Crippen LogP contribution in [0.1, 0.15) is 0 Å². The van der Waals surface area contributed by atoms with Gasteiger partial charge in [-0.1, -0.05) is 0 Å². The van der Waals surface area contributed by atoms with Gasteiger partial charge in [0.15, 0.2) is 12.4 Å². The molecule has 17 heavy (non-hydrogen) atoms. The van der Waals surface area contributed by atoms with Gasteiger partial charge in [-0.05, 0) is 6.07 Å². The van der Waals surface area contributed by atoms with Crippen LogP contribution >= 0.6 is 0 Å². The lowest BCUT2D eigenvalue weighted by molar-refractivity contribution is -0.670. The monoisotopic (exact) mass is 264 g/mol. The summed E-state index contributed by atoms with van der Waals surface area (Å²) in [4.78, 5) is 0. The summed E-state index contributed by atoms with van der Waals surface area (Å²) in [6.07, 6.45) is 3.93. The molecule has 0 saturated carbocycles. The number of rotatable bonds is 4. The highest BCUT2D eigenvalue weighted by Gasteiger charge is 1.94. The minimum atomic E-state index is -4.41. The second-order valence-electron chi connectivity index (χ2n) is 2.98. The second-order valence-corrected chi connectivity index (χ2v) is 4.13. The average Bonchev–Trinajstić information content (AvgIpc) is 2.26. The molecule has 8 heteroatoms. The van der Waals surface area contributed by atoms with Gasteiger partial charge in [-0.15, -0.1) is 0 Å². The molecule has 98 valence electrons. The van der Waals surface area contributed by atoms with E-state index in [0.29, 0.717) is 6.54 Å². The Morgan fingerprint density at radius 3 is 2.59 bits per heavy atom. The summed E-state index contributed by atoms with van der Waals surface area (Å²) in [5, 5.41) is 11.6. The number of pyridine rings is 1. The molecule has 0 aromatic carbocycles. The van der Waals surface area contributed by atoms with Gasteiger partial charge in [0, 0.05) is 12.6 Å². The standard InChI is InChI=1S/C8H13N2O.CH4O4S/c1-10-5-2-3-8(7-10)9-4-6-11;1-5-6(2,3)4/h2-3,5,7,9,11H,4,6H2,1H3;1H3,(H,2,3,4)/q+1;/p-1. The highest BCUT2D eigenvalue weighted by molar-refractivity contribution is 7.80. The number of nitrogens with zero attached hydrogens (tertiary/aromatic N) is 1. The van der Waals surface area contributed by atoms with Crippen molar-refractivity contribution in [2.24, 2.45) is 7.05 Å². The quantitative estimate of drug-likeness (QED) is 0.411. The van der Waals surface area contributed by atoms with Crippen molar-refractivity contribution >= 4 is 16.1 Å². The summed E-state index contributed by atoms with van der Waals surface area (Å²) in [7, 11) is -1.64. The summed E-state index contributed by atoms with van der Waals surface area (Å²) in [5.41, 5.74) is 1.03. The van der Waals surface area contributed by atoms with Gasteiger partial charge in [-0.2, -0.15) is 0 Å². The van der Waals surface area contributed by atoms with Crippen LogP contribution in [0.25, 0.3) is 0 Å². The summed E-state index contributed by atoms with van der Waals surface area (Å²) in [5.74, 6) is 0. The Labute approximate surface area is 101 Å². The Morgan fingerprint density at radius 1 is 1.59 bits per heavy atom. The normalized spacial score (nSPS) is 10.4. The molecule has 1 aromatic heterocycles. The maximum atomic E-state index is 9.22. The highest BCUT2D eigenvalue weighted by Crippen LogP contribution is 1.99. The van der Waals surface area contributed by atoms with Gasteiger partial charge in [0.1, 0.15) is 7.05 Å². The van der Waals surface area contributed by atoms with Crippen molar-refractivity contribution in [3.05, 3.63) is 24.5 Å². The molecular formula is C9H16N2O5S. The van der Waals surface area contributed by atoms with Gasteiger partial charge in [0.05, 0.1) is 19.4 Å². The maximum absolute atomic E-state index is 9.22. The van der Waals surface area contributed by atoms with Crippen LogP contribution in [0.15, 0.2) is 24.5 Å². The Balaban J connectivity index is 0.000000366. The van der Waals surface area contributed by atoms with Gasteiger partial charge < -0.3 is 15.0 Å². The molecule has 0 spiro atoms. The van der Waals surface area contributed by atoms with Crippen molar-refractivity contribution in [1.29, 1.82) is 0 Å². The first-order chi connectivity index (χ1) is 7.89. The zero-order valence-corrected chi connectivity index (χ0v) is 10.5. The molecule has 0 bridgehead atoms. The molecule has 0 aliphatic heterocycles. The van der Waals surface area contributed by atoms with Crippen LogP contribution in [-0.4, -0.2) is 38.3 Å².